The van der Waals surface area contributed by atoms with Crippen LogP contribution in [0.25, 0.3) is 0 Å². The second-order valence-corrected chi connectivity index (χ2v) is 10.7. The first kappa shape index (κ1) is 20.9. The minimum atomic E-state index is -3.79. The Bertz CT molecular complexity index is 856. The standard InChI is InChI=1S/C17H22ClN3O3S3/c1-21(12-7-10-25-11-12)27(23,24)17-13(18)4-5-16(20-17)19-14(6-8-22)15-3-2-9-26-15/h2-5,9,12,14,22H,6-8,10-11H2,1H3,(H,19,20). The molecule has 148 valence electrons. The van der Waals surface area contributed by atoms with E-state index in [2.05, 4.69) is 10.3 Å². The lowest BCUT2D eigenvalue weighted by Crippen LogP contribution is -2.37. The van der Waals surface area contributed by atoms with Crippen LogP contribution in [0.15, 0.2) is 34.7 Å². The van der Waals surface area contributed by atoms with Gasteiger partial charge in [-0.05, 0) is 42.2 Å². The molecule has 6 nitrogen and oxygen atoms in total. The summed E-state index contributed by atoms with van der Waals surface area (Å²) in [6.45, 7) is 0.0103. The van der Waals surface area contributed by atoms with Gasteiger partial charge in [0.05, 0.1) is 11.1 Å². The molecule has 2 unspecified atom stereocenters. The number of anilines is 1. The average molecular weight is 448 g/mol. The van der Waals surface area contributed by atoms with Crippen LogP contribution in [0.2, 0.25) is 5.02 Å². The summed E-state index contributed by atoms with van der Waals surface area (Å²) in [5.41, 5.74) is 0. The van der Waals surface area contributed by atoms with Crippen LogP contribution < -0.4 is 5.32 Å². The molecular formula is C17H22ClN3O3S3. The van der Waals surface area contributed by atoms with E-state index in [1.807, 2.05) is 17.5 Å². The van der Waals surface area contributed by atoms with Gasteiger partial charge in [-0.25, -0.2) is 13.4 Å². The maximum Gasteiger partial charge on any atom is 0.262 e. The lowest BCUT2D eigenvalue weighted by Gasteiger charge is -2.24. The van der Waals surface area contributed by atoms with Gasteiger partial charge in [0.1, 0.15) is 5.82 Å². The Kier molecular flexibility index (Phi) is 7.04. The van der Waals surface area contributed by atoms with E-state index in [0.717, 1.165) is 22.8 Å². The highest BCUT2D eigenvalue weighted by Crippen LogP contribution is 2.31. The molecule has 10 heteroatoms. The topological polar surface area (TPSA) is 82.5 Å². The summed E-state index contributed by atoms with van der Waals surface area (Å²) >= 11 is 9.51. The molecule has 2 aromatic rings. The van der Waals surface area contributed by atoms with E-state index in [-0.39, 0.29) is 28.7 Å². The zero-order chi connectivity index (χ0) is 19.4. The minimum absolute atomic E-state index is 0.0103. The number of aliphatic hydroxyl groups is 1. The molecule has 3 heterocycles. The molecule has 0 saturated carbocycles. The molecule has 0 aliphatic carbocycles. The second kappa shape index (κ2) is 9.11. The van der Waals surface area contributed by atoms with E-state index in [1.54, 1.807) is 42.3 Å². The van der Waals surface area contributed by atoms with Crippen molar-refractivity contribution in [3.8, 4) is 0 Å². The first-order chi connectivity index (χ1) is 12.9. The van der Waals surface area contributed by atoms with Gasteiger partial charge in [0, 0.05) is 30.3 Å². The molecule has 1 fully saturated rings. The summed E-state index contributed by atoms with van der Waals surface area (Å²) in [7, 11) is -2.20. The van der Waals surface area contributed by atoms with E-state index in [4.69, 9.17) is 11.6 Å². The maximum absolute atomic E-state index is 13.0. The van der Waals surface area contributed by atoms with E-state index in [1.165, 1.54) is 4.31 Å². The first-order valence-corrected chi connectivity index (χ1v) is 12.4. The molecule has 27 heavy (non-hydrogen) atoms. The second-order valence-electron chi connectivity index (χ2n) is 6.25. The van der Waals surface area contributed by atoms with Gasteiger partial charge >= 0.3 is 0 Å². The molecule has 1 saturated heterocycles. The Labute approximate surface area is 173 Å². The van der Waals surface area contributed by atoms with Crippen LogP contribution in [0.3, 0.4) is 0 Å². The third-order valence-corrected chi connectivity index (χ3v) is 8.89. The van der Waals surface area contributed by atoms with Crippen LogP contribution in [0.5, 0.6) is 0 Å². The summed E-state index contributed by atoms with van der Waals surface area (Å²) < 4.78 is 27.5. The molecule has 3 rings (SSSR count). The number of rotatable bonds is 8. The van der Waals surface area contributed by atoms with Crippen LogP contribution in [-0.2, 0) is 10.0 Å². The lowest BCUT2D eigenvalue weighted by molar-refractivity contribution is 0.280. The molecule has 0 aromatic carbocycles. The van der Waals surface area contributed by atoms with Crippen molar-refractivity contribution in [2.24, 2.45) is 0 Å². The number of hydrogen-bond acceptors (Lipinski definition) is 7. The number of pyridine rings is 1. The zero-order valence-corrected chi connectivity index (χ0v) is 18.0. The third kappa shape index (κ3) is 4.78. The normalized spacial score (nSPS) is 18.7. The molecule has 2 atom stereocenters. The highest BCUT2D eigenvalue weighted by Gasteiger charge is 2.33. The fourth-order valence-electron chi connectivity index (χ4n) is 2.91. The van der Waals surface area contributed by atoms with Crippen molar-refractivity contribution in [3.63, 3.8) is 0 Å². The lowest BCUT2D eigenvalue weighted by atomic mass is 10.2. The quantitative estimate of drug-likeness (QED) is 0.644. The number of sulfonamides is 1. The van der Waals surface area contributed by atoms with Gasteiger partial charge in [0.25, 0.3) is 10.0 Å². The van der Waals surface area contributed by atoms with Crippen LogP contribution in [0.1, 0.15) is 23.8 Å². The Morgan fingerprint density at radius 2 is 2.26 bits per heavy atom. The number of thiophene rings is 1. The molecule has 2 N–H and O–H groups in total. The fraction of sp³-hybridized carbons (Fsp3) is 0.471. The van der Waals surface area contributed by atoms with Gasteiger partial charge in [-0.3, -0.25) is 0 Å². The molecule has 0 amide bonds. The number of halogens is 1. The Morgan fingerprint density at radius 1 is 1.44 bits per heavy atom. The smallest absolute Gasteiger partial charge is 0.262 e. The Balaban J connectivity index is 1.87. The summed E-state index contributed by atoms with van der Waals surface area (Å²) in [6, 6.07) is 6.92. The number of nitrogens with one attached hydrogen (secondary N) is 1. The summed E-state index contributed by atoms with van der Waals surface area (Å²) in [5.74, 6) is 2.15. The van der Waals surface area contributed by atoms with Crippen molar-refractivity contribution >= 4 is 50.5 Å². The van der Waals surface area contributed by atoms with E-state index < -0.39 is 10.0 Å². The zero-order valence-electron chi connectivity index (χ0n) is 14.8. The van der Waals surface area contributed by atoms with Gasteiger partial charge in [0.15, 0.2) is 5.03 Å². The Hall–Kier alpha value is -0.840. The molecule has 2 aromatic heterocycles. The van der Waals surface area contributed by atoms with Crippen LogP contribution in [-0.4, -0.2) is 54.0 Å². The SMILES string of the molecule is CN(C1CCSC1)S(=O)(=O)c1nc(NC(CCO)c2cccs2)ccc1Cl. The maximum atomic E-state index is 13.0. The number of thioether (sulfide) groups is 1. The average Bonchev–Trinajstić information content (AvgIpc) is 3.36. The van der Waals surface area contributed by atoms with E-state index in [9.17, 15) is 13.5 Å². The van der Waals surface area contributed by atoms with Crippen molar-refractivity contribution in [2.75, 3.05) is 30.5 Å². The van der Waals surface area contributed by atoms with Crippen LogP contribution in [0, 0.1) is 0 Å². The number of aliphatic hydroxyl groups excluding tert-OH is 1. The summed E-state index contributed by atoms with van der Waals surface area (Å²) in [5, 5.41) is 14.5. The predicted octanol–water partition coefficient (Wildman–Crippen LogP) is 3.46. The van der Waals surface area contributed by atoms with Gasteiger partial charge in [0.2, 0.25) is 0 Å². The summed E-state index contributed by atoms with van der Waals surface area (Å²) in [6.07, 6.45) is 1.32. The highest BCUT2D eigenvalue weighted by atomic mass is 35.5. The van der Waals surface area contributed by atoms with Gasteiger partial charge in [-0.2, -0.15) is 16.1 Å². The predicted molar refractivity (Wildman–Crippen MR) is 112 cm³/mol. The largest absolute Gasteiger partial charge is 0.396 e. The highest BCUT2D eigenvalue weighted by molar-refractivity contribution is 7.99. The van der Waals surface area contributed by atoms with E-state index in [0.29, 0.717) is 12.2 Å². The molecule has 0 bridgehead atoms. The minimum Gasteiger partial charge on any atom is -0.396 e. The van der Waals surface area contributed by atoms with E-state index >= 15 is 0 Å². The number of nitrogens with zero attached hydrogens (tertiary/aromatic N) is 2. The van der Waals surface area contributed by atoms with Crippen LogP contribution in [0.4, 0.5) is 5.82 Å². The monoisotopic (exact) mass is 447 g/mol. The molecule has 0 radical (unpaired) electrons. The van der Waals surface area contributed by atoms with Crippen molar-refractivity contribution in [1.82, 2.24) is 9.29 Å². The van der Waals surface area contributed by atoms with Crippen molar-refractivity contribution in [3.05, 3.63) is 39.5 Å². The van der Waals surface area contributed by atoms with Crippen molar-refractivity contribution in [2.45, 2.75) is 30.0 Å². The third-order valence-electron chi connectivity index (χ3n) is 4.48. The van der Waals surface area contributed by atoms with Crippen molar-refractivity contribution < 1.29 is 13.5 Å². The molecule has 1 aliphatic heterocycles. The first-order valence-electron chi connectivity index (χ1n) is 8.56. The van der Waals surface area contributed by atoms with Crippen molar-refractivity contribution in [1.29, 1.82) is 0 Å². The van der Waals surface area contributed by atoms with Gasteiger partial charge < -0.3 is 10.4 Å². The number of aromatic nitrogens is 1. The fourth-order valence-corrected chi connectivity index (χ4v) is 6.85. The number of hydrogen-bond donors (Lipinski definition) is 2. The molecule has 1 aliphatic rings. The van der Waals surface area contributed by atoms with Crippen LogP contribution >= 0.6 is 34.7 Å². The summed E-state index contributed by atoms with van der Waals surface area (Å²) in [4.78, 5) is 5.36. The molecular weight excluding hydrogens is 426 g/mol. The van der Waals surface area contributed by atoms with Gasteiger partial charge in [-0.15, -0.1) is 11.3 Å². The van der Waals surface area contributed by atoms with Gasteiger partial charge in [-0.1, -0.05) is 17.7 Å². The molecule has 0 spiro atoms. The Morgan fingerprint density at radius 3 is 2.89 bits per heavy atom.